The lowest BCUT2D eigenvalue weighted by Gasteiger charge is -1.98. The van der Waals surface area contributed by atoms with Crippen molar-refractivity contribution in [2.24, 2.45) is 22.2 Å². The van der Waals surface area contributed by atoms with Crippen LogP contribution >= 0.6 is 11.8 Å². The Morgan fingerprint density at radius 1 is 1.41 bits per heavy atom. The minimum Gasteiger partial charge on any atom is -0.370 e. The number of thioether (sulfide) groups is 1. The molecule has 0 bridgehead atoms. The van der Waals surface area contributed by atoms with E-state index >= 15 is 0 Å². The van der Waals surface area contributed by atoms with Gasteiger partial charge in [-0.15, -0.1) is 11.8 Å². The Labute approximate surface area is 103 Å². The number of fused-ring (bicyclic) bond motifs is 1. The highest BCUT2D eigenvalue weighted by Crippen LogP contribution is 2.23. The number of nitrogens with two attached hydrogens (primary N) is 3. The van der Waals surface area contributed by atoms with Gasteiger partial charge in [0.15, 0.2) is 5.96 Å². The third-order valence-electron chi connectivity index (χ3n) is 2.06. The molecular formula is C10H14N6S. The molecule has 0 unspecified atom stereocenters. The van der Waals surface area contributed by atoms with Gasteiger partial charge in [0.1, 0.15) is 0 Å². The fourth-order valence-electron chi connectivity index (χ4n) is 1.42. The predicted molar refractivity (Wildman–Crippen MR) is 71.3 cm³/mol. The van der Waals surface area contributed by atoms with E-state index < -0.39 is 0 Å². The first-order valence-electron chi connectivity index (χ1n) is 5.11. The van der Waals surface area contributed by atoms with Crippen LogP contribution < -0.4 is 17.2 Å². The zero-order valence-electron chi connectivity index (χ0n) is 9.18. The second-order valence-electron chi connectivity index (χ2n) is 3.41. The molecule has 1 aromatic heterocycles. The van der Waals surface area contributed by atoms with Gasteiger partial charge in [-0.1, -0.05) is 0 Å². The number of rotatable bonds is 4. The number of aromatic nitrogens is 2. The number of aliphatic imine (C=N–C) groups is 1. The number of benzene rings is 1. The maximum Gasteiger partial charge on any atom is 0.231 e. The van der Waals surface area contributed by atoms with Gasteiger partial charge in [-0.3, -0.25) is 0 Å². The van der Waals surface area contributed by atoms with Crippen molar-refractivity contribution in [3.63, 3.8) is 0 Å². The molecule has 0 amide bonds. The van der Waals surface area contributed by atoms with E-state index in [-0.39, 0.29) is 5.96 Å². The molecule has 2 rings (SSSR count). The summed E-state index contributed by atoms with van der Waals surface area (Å²) >= 11 is 1.70. The molecule has 0 aliphatic carbocycles. The van der Waals surface area contributed by atoms with Gasteiger partial charge >= 0.3 is 0 Å². The largest absolute Gasteiger partial charge is 0.370 e. The second-order valence-corrected chi connectivity index (χ2v) is 4.58. The molecule has 0 fully saturated rings. The molecule has 2 aromatic rings. The number of nitrogens with one attached hydrogen (secondary N) is 1. The van der Waals surface area contributed by atoms with Crippen LogP contribution in [-0.4, -0.2) is 28.2 Å². The minimum atomic E-state index is -0.0122. The molecule has 0 aliphatic rings. The summed E-state index contributed by atoms with van der Waals surface area (Å²) in [5.41, 5.74) is 17.8. The van der Waals surface area contributed by atoms with Gasteiger partial charge in [-0.25, -0.2) is 4.98 Å². The Morgan fingerprint density at radius 3 is 2.94 bits per heavy atom. The van der Waals surface area contributed by atoms with Crippen molar-refractivity contribution in [1.82, 2.24) is 9.97 Å². The Morgan fingerprint density at radius 2 is 2.24 bits per heavy atom. The van der Waals surface area contributed by atoms with Gasteiger partial charge in [-0.2, -0.15) is 4.99 Å². The van der Waals surface area contributed by atoms with Crippen LogP contribution in [0.25, 0.3) is 11.0 Å². The molecule has 0 spiro atoms. The van der Waals surface area contributed by atoms with Crippen molar-refractivity contribution in [3.05, 3.63) is 18.2 Å². The number of H-pyrrole nitrogens is 1. The van der Waals surface area contributed by atoms with Crippen LogP contribution in [0.2, 0.25) is 0 Å². The average Bonchev–Trinajstić information content (AvgIpc) is 2.66. The molecule has 17 heavy (non-hydrogen) atoms. The van der Waals surface area contributed by atoms with E-state index in [1.165, 1.54) is 0 Å². The molecule has 1 aromatic carbocycles. The zero-order chi connectivity index (χ0) is 12.3. The van der Waals surface area contributed by atoms with Crippen LogP contribution in [0.5, 0.6) is 0 Å². The lowest BCUT2D eigenvalue weighted by molar-refractivity contribution is 1.15. The molecule has 0 aliphatic heterocycles. The Balaban J connectivity index is 2.31. The average molecular weight is 250 g/mol. The van der Waals surface area contributed by atoms with E-state index in [9.17, 15) is 0 Å². The Hall–Kier alpha value is -1.73. The smallest absolute Gasteiger partial charge is 0.231 e. The lowest BCUT2D eigenvalue weighted by atomic mass is 10.3. The topological polar surface area (TPSA) is 119 Å². The van der Waals surface area contributed by atoms with E-state index in [1.807, 2.05) is 18.2 Å². The number of nitrogens with zero attached hydrogens (tertiary/aromatic N) is 2. The van der Waals surface area contributed by atoms with E-state index in [0.29, 0.717) is 12.5 Å². The summed E-state index contributed by atoms with van der Waals surface area (Å²) in [7, 11) is 0. The second kappa shape index (κ2) is 5.07. The summed E-state index contributed by atoms with van der Waals surface area (Å²) in [5.74, 6) is 1.29. The van der Waals surface area contributed by atoms with Crippen molar-refractivity contribution >= 4 is 34.7 Å². The molecule has 1 heterocycles. The number of hydrogen-bond acceptors (Lipinski definition) is 4. The summed E-state index contributed by atoms with van der Waals surface area (Å²) in [6.45, 7) is 0.658. The van der Waals surface area contributed by atoms with Gasteiger partial charge in [-0.05, 0) is 18.2 Å². The van der Waals surface area contributed by atoms with Crippen molar-refractivity contribution in [2.45, 2.75) is 4.90 Å². The standard InChI is InChI=1S/C10H14N6S/c11-3-4-17-6-1-2-7-8(5-6)15-10(14-7)16-9(12)13/h1-2,5H,3-4,11H2,(H5,12,13,14,15,16). The summed E-state index contributed by atoms with van der Waals surface area (Å²) in [6, 6.07) is 5.94. The highest BCUT2D eigenvalue weighted by atomic mass is 32.2. The maximum absolute atomic E-state index is 5.46. The van der Waals surface area contributed by atoms with E-state index in [1.54, 1.807) is 11.8 Å². The molecule has 0 saturated carbocycles. The van der Waals surface area contributed by atoms with Gasteiger partial charge in [0, 0.05) is 17.2 Å². The molecule has 6 nitrogen and oxygen atoms in total. The fraction of sp³-hybridized carbons (Fsp3) is 0.200. The highest BCUT2D eigenvalue weighted by Gasteiger charge is 2.03. The summed E-state index contributed by atoms with van der Waals surface area (Å²) in [4.78, 5) is 12.3. The first-order valence-corrected chi connectivity index (χ1v) is 6.10. The number of aromatic amines is 1. The van der Waals surface area contributed by atoms with Crippen molar-refractivity contribution in [2.75, 3.05) is 12.3 Å². The Kier molecular flexibility index (Phi) is 3.50. The highest BCUT2D eigenvalue weighted by molar-refractivity contribution is 7.99. The molecular weight excluding hydrogens is 236 g/mol. The van der Waals surface area contributed by atoms with Crippen LogP contribution in [0, 0.1) is 0 Å². The van der Waals surface area contributed by atoms with E-state index in [0.717, 1.165) is 21.7 Å². The molecule has 0 radical (unpaired) electrons. The summed E-state index contributed by atoms with van der Waals surface area (Å²) in [5, 5.41) is 0. The zero-order valence-corrected chi connectivity index (χ0v) is 10.00. The van der Waals surface area contributed by atoms with Crippen LogP contribution in [0.15, 0.2) is 28.1 Å². The predicted octanol–water partition coefficient (Wildman–Crippen LogP) is 0.519. The van der Waals surface area contributed by atoms with Crippen LogP contribution in [0.3, 0.4) is 0 Å². The van der Waals surface area contributed by atoms with Crippen LogP contribution in [-0.2, 0) is 0 Å². The molecule has 0 saturated heterocycles. The quantitative estimate of drug-likeness (QED) is 0.358. The van der Waals surface area contributed by atoms with Gasteiger partial charge in [0.05, 0.1) is 11.0 Å². The summed E-state index contributed by atoms with van der Waals surface area (Å²) in [6.07, 6.45) is 0. The monoisotopic (exact) mass is 250 g/mol. The molecule has 0 atom stereocenters. The molecule has 7 heteroatoms. The number of imidazole rings is 1. The Bertz CT molecular complexity index is 543. The van der Waals surface area contributed by atoms with Crippen molar-refractivity contribution in [1.29, 1.82) is 0 Å². The fourth-order valence-corrected chi connectivity index (χ4v) is 2.14. The summed E-state index contributed by atoms with van der Waals surface area (Å²) < 4.78 is 0. The first kappa shape index (κ1) is 11.7. The third kappa shape index (κ3) is 2.89. The van der Waals surface area contributed by atoms with Crippen LogP contribution in [0.4, 0.5) is 5.95 Å². The first-order chi connectivity index (χ1) is 8.19. The SMILES string of the molecule is NCCSc1ccc2nc(N=C(N)N)[nH]c2c1. The van der Waals surface area contributed by atoms with Crippen molar-refractivity contribution in [3.8, 4) is 0 Å². The van der Waals surface area contributed by atoms with Crippen LogP contribution in [0.1, 0.15) is 0 Å². The van der Waals surface area contributed by atoms with Gasteiger partial charge < -0.3 is 22.2 Å². The number of guanidine groups is 1. The van der Waals surface area contributed by atoms with Crippen molar-refractivity contribution < 1.29 is 0 Å². The van der Waals surface area contributed by atoms with Gasteiger partial charge in [0.25, 0.3) is 0 Å². The van der Waals surface area contributed by atoms with E-state index in [4.69, 9.17) is 17.2 Å². The van der Waals surface area contributed by atoms with E-state index in [2.05, 4.69) is 15.0 Å². The number of hydrogen-bond donors (Lipinski definition) is 4. The van der Waals surface area contributed by atoms with Gasteiger partial charge in [0.2, 0.25) is 5.95 Å². The normalized spacial score (nSPS) is 10.6. The lowest BCUT2D eigenvalue weighted by Crippen LogP contribution is -2.22. The minimum absolute atomic E-state index is 0.0122. The third-order valence-corrected chi connectivity index (χ3v) is 3.09. The maximum atomic E-state index is 5.46. The molecule has 90 valence electrons. The molecule has 7 N–H and O–H groups in total.